The first-order valence-corrected chi connectivity index (χ1v) is 15.8. The van der Waals surface area contributed by atoms with Gasteiger partial charge in [0, 0.05) is 16.1 Å². The van der Waals surface area contributed by atoms with Gasteiger partial charge in [0.15, 0.2) is 11.5 Å². The van der Waals surface area contributed by atoms with Crippen molar-refractivity contribution < 1.29 is 28.2 Å². The van der Waals surface area contributed by atoms with E-state index in [1.807, 2.05) is 54.6 Å². The van der Waals surface area contributed by atoms with E-state index in [1.165, 1.54) is 16.7 Å². The number of ether oxygens (including phenoxy) is 3. The van der Waals surface area contributed by atoms with Crippen LogP contribution in [0.25, 0.3) is 16.9 Å². The molecule has 12 heteroatoms. The second kappa shape index (κ2) is 13.6. The summed E-state index contributed by atoms with van der Waals surface area (Å²) in [7, 11) is 4.77. The van der Waals surface area contributed by atoms with E-state index < -0.39 is 0 Å². The number of thioether (sulfide) groups is 1. The molecule has 1 N–H and O–H groups in total. The van der Waals surface area contributed by atoms with Gasteiger partial charge in [-0.25, -0.2) is 4.68 Å². The lowest BCUT2D eigenvalue weighted by Gasteiger charge is -2.23. The van der Waals surface area contributed by atoms with Crippen LogP contribution in [0, 0.1) is 0 Å². The first-order chi connectivity index (χ1) is 22.4. The van der Waals surface area contributed by atoms with Crippen molar-refractivity contribution in [2.45, 2.75) is 11.8 Å². The molecule has 0 saturated heterocycles. The Morgan fingerprint density at radius 2 is 1.76 bits per heavy atom. The fourth-order valence-electron chi connectivity index (χ4n) is 5.32. The molecule has 1 aliphatic heterocycles. The van der Waals surface area contributed by atoms with Gasteiger partial charge in [-0.1, -0.05) is 29.8 Å². The Labute approximate surface area is 275 Å². The van der Waals surface area contributed by atoms with Crippen LogP contribution >= 0.6 is 23.4 Å². The number of methoxy groups -OCH3 is 3. The minimum Gasteiger partial charge on any atom is -0.497 e. The lowest BCUT2D eigenvalue weighted by atomic mass is 9.99. The van der Waals surface area contributed by atoms with E-state index >= 15 is 0 Å². The van der Waals surface area contributed by atoms with Gasteiger partial charge >= 0.3 is 0 Å². The summed E-state index contributed by atoms with van der Waals surface area (Å²) >= 11 is 7.74. The molecule has 3 aromatic carbocycles. The van der Waals surface area contributed by atoms with Crippen molar-refractivity contribution in [3.05, 3.63) is 107 Å². The van der Waals surface area contributed by atoms with E-state index in [0.29, 0.717) is 45.2 Å². The van der Waals surface area contributed by atoms with E-state index in [-0.39, 0.29) is 35.9 Å². The molecule has 3 heterocycles. The second-order valence-corrected chi connectivity index (χ2v) is 11.9. The molecule has 236 valence electrons. The summed E-state index contributed by atoms with van der Waals surface area (Å²) in [6, 6.07) is 24.0. The van der Waals surface area contributed by atoms with Crippen LogP contribution in [0.5, 0.6) is 17.2 Å². The molecule has 5 aromatic rings. The lowest BCUT2D eigenvalue weighted by molar-refractivity contribution is -0.123. The Bertz CT molecular complexity index is 1840. The van der Waals surface area contributed by atoms with Crippen molar-refractivity contribution in [3.8, 4) is 34.2 Å². The molecule has 0 bridgehead atoms. The highest BCUT2D eigenvalue weighted by Crippen LogP contribution is 2.49. The number of benzene rings is 3. The van der Waals surface area contributed by atoms with Crippen LogP contribution in [0.4, 0.5) is 5.82 Å². The summed E-state index contributed by atoms with van der Waals surface area (Å²) in [5.41, 5.74) is 3.77. The zero-order valence-electron chi connectivity index (χ0n) is 25.4. The number of furan rings is 1. The van der Waals surface area contributed by atoms with E-state index in [4.69, 9.17) is 35.3 Å². The summed E-state index contributed by atoms with van der Waals surface area (Å²) in [5.74, 6) is 2.43. The molecule has 46 heavy (non-hydrogen) atoms. The third-order valence-corrected chi connectivity index (χ3v) is 9.08. The normalized spacial score (nSPS) is 14.4. The molecule has 2 aromatic heterocycles. The van der Waals surface area contributed by atoms with Crippen molar-refractivity contribution in [2.24, 2.45) is 0 Å². The summed E-state index contributed by atoms with van der Waals surface area (Å²) in [5, 5.41) is 8.20. The minimum atomic E-state index is -0.368. The number of carbonyl (C=O) groups is 2. The number of aromatic nitrogens is 2. The average Bonchev–Trinajstić information content (AvgIpc) is 3.72. The Morgan fingerprint density at radius 3 is 2.43 bits per heavy atom. The van der Waals surface area contributed by atoms with Crippen LogP contribution in [-0.2, 0) is 16.1 Å². The Hall–Kier alpha value is -4.87. The van der Waals surface area contributed by atoms with Crippen LogP contribution in [0.1, 0.15) is 22.1 Å². The van der Waals surface area contributed by atoms with Gasteiger partial charge in [0.25, 0.3) is 0 Å². The molecule has 10 nitrogen and oxygen atoms in total. The number of hydrogen-bond acceptors (Lipinski definition) is 8. The summed E-state index contributed by atoms with van der Waals surface area (Å²) in [6.45, 7) is -0.0365. The topological polar surface area (TPSA) is 108 Å². The van der Waals surface area contributed by atoms with Crippen molar-refractivity contribution in [1.82, 2.24) is 15.1 Å². The van der Waals surface area contributed by atoms with E-state index in [9.17, 15) is 9.59 Å². The zero-order chi connectivity index (χ0) is 32.2. The number of nitrogens with zero attached hydrogens (tertiary/aromatic N) is 3. The standard InChI is InChI=1S/C34H31ClN4O6S/c1-42-25-13-11-24(12-14-25)39-34-31(32(37-39)21-6-9-23(35)10-7-21)33(22-8-15-27(43-2)28(17-22)44-3)46-20-30(41)38(34)19-29(40)36-18-26-5-4-16-45-26/h4-17,33H,18-20H2,1-3H3,(H,36,40)/t33-/m1/s1. The lowest BCUT2D eigenvalue weighted by Crippen LogP contribution is -2.42. The fourth-order valence-corrected chi connectivity index (χ4v) is 6.63. The maximum absolute atomic E-state index is 14.0. The summed E-state index contributed by atoms with van der Waals surface area (Å²) < 4.78 is 23.6. The van der Waals surface area contributed by atoms with Crippen molar-refractivity contribution in [3.63, 3.8) is 0 Å². The number of fused-ring (bicyclic) bond motifs is 1. The third-order valence-electron chi connectivity index (χ3n) is 7.58. The van der Waals surface area contributed by atoms with Crippen LogP contribution < -0.4 is 24.4 Å². The van der Waals surface area contributed by atoms with Crippen LogP contribution in [-0.4, -0.2) is 55.2 Å². The number of rotatable bonds is 10. The van der Waals surface area contributed by atoms with E-state index in [1.54, 1.807) is 56.5 Å². The molecular formula is C34H31ClN4O6S. The van der Waals surface area contributed by atoms with Crippen LogP contribution in [0.2, 0.25) is 5.02 Å². The van der Waals surface area contributed by atoms with E-state index in [0.717, 1.165) is 16.7 Å². The van der Waals surface area contributed by atoms with Gasteiger partial charge < -0.3 is 23.9 Å². The third kappa shape index (κ3) is 6.29. The summed E-state index contributed by atoms with van der Waals surface area (Å²) in [4.78, 5) is 28.9. The van der Waals surface area contributed by atoms with E-state index in [2.05, 4.69) is 5.32 Å². The van der Waals surface area contributed by atoms with Crippen LogP contribution in [0.3, 0.4) is 0 Å². The molecule has 0 radical (unpaired) electrons. The maximum atomic E-state index is 14.0. The van der Waals surface area contributed by atoms with Gasteiger partial charge in [0.1, 0.15) is 23.9 Å². The molecule has 0 aliphatic carbocycles. The first kappa shape index (κ1) is 31.1. The molecule has 0 fully saturated rings. The highest BCUT2D eigenvalue weighted by atomic mass is 35.5. The van der Waals surface area contributed by atoms with Gasteiger partial charge in [-0.3, -0.25) is 14.5 Å². The number of nitrogens with one attached hydrogen (secondary N) is 1. The average molecular weight is 659 g/mol. The largest absolute Gasteiger partial charge is 0.497 e. The minimum absolute atomic E-state index is 0.113. The molecule has 0 spiro atoms. The number of halogens is 1. The molecular weight excluding hydrogens is 628 g/mol. The number of carbonyl (C=O) groups excluding carboxylic acids is 2. The quantitative estimate of drug-likeness (QED) is 0.186. The second-order valence-electron chi connectivity index (χ2n) is 10.3. The Kier molecular flexibility index (Phi) is 9.23. The summed E-state index contributed by atoms with van der Waals surface area (Å²) in [6.07, 6.45) is 1.54. The Morgan fingerprint density at radius 1 is 1.00 bits per heavy atom. The smallest absolute Gasteiger partial charge is 0.240 e. The SMILES string of the molecule is COc1ccc(-n2nc(-c3ccc(Cl)cc3)c3c2N(CC(=O)NCc2ccco2)C(=O)CS[C@@H]3c2ccc(OC)c(OC)c2)cc1. The fraction of sp³-hybridized carbons (Fsp3) is 0.206. The first-order valence-electron chi connectivity index (χ1n) is 14.4. The zero-order valence-corrected chi connectivity index (χ0v) is 26.9. The van der Waals surface area contributed by atoms with Gasteiger partial charge in [-0.05, 0) is 66.2 Å². The highest BCUT2D eigenvalue weighted by Gasteiger charge is 2.38. The van der Waals surface area contributed by atoms with Crippen LogP contribution in [0.15, 0.2) is 89.5 Å². The molecule has 2 amide bonds. The van der Waals surface area contributed by atoms with Gasteiger partial charge in [-0.15, -0.1) is 11.8 Å². The predicted molar refractivity (Wildman–Crippen MR) is 177 cm³/mol. The van der Waals surface area contributed by atoms with Crippen molar-refractivity contribution in [2.75, 3.05) is 38.5 Å². The number of amides is 2. The van der Waals surface area contributed by atoms with Gasteiger partial charge in [-0.2, -0.15) is 5.10 Å². The number of anilines is 1. The van der Waals surface area contributed by atoms with Gasteiger partial charge in [0.2, 0.25) is 11.8 Å². The van der Waals surface area contributed by atoms with Crippen molar-refractivity contribution in [1.29, 1.82) is 0 Å². The van der Waals surface area contributed by atoms with Crippen molar-refractivity contribution >= 4 is 41.0 Å². The monoisotopic (exact) mass is 658 g/mol. The number of hydrogen-bond donors (Lipinski definition) is 1. The molecule has 0 unspecified atom stereocenters. The maximum Gasteiger partial charge on any atom is 0.240 e. The van der Waals surface area contributed by atoms with Gasteiger partial charge in [0.05, 0.1) is 56.5 Å². The highest BCUT2D eigenvalue weighted by molar-refractivity contribution is 8.00. The predicted octanol–water partition coefficient (Wildman–Crippen LogP) is 6.30. The Balaban J connectivity index is 1.55. The molecule has 1 atom stereocenters. The molecule has 1 aliphatic rings. The molecule has 6 rings (SSSR count). The molecule has 0 saturated carbocycles.